The van der Waals surface area contributed by atoms with Gasteiger partial charge in [-0.1, -0.05) is 25.7 Å². The van der Waals surface area contributed by atoms with Gasteiger partial charge >= 0.3 is 0 Å². The summed E-state index contributed by atoms with van der Waals surface area (Å²) in [4.78, 5) is 4.38. The minimum Gasteiger partial charge on any atom is -0.487 e. The van der Waals surface area contributed by atoms with Crippen LogP contribution in [0.1, 0.15) is 11.1 Å². The summed E-state index contributed by atoms with van der Waals surface area (Å²) in [5.41, 5.74) is 2.50. The molecule has 0 aliphatic carbocycles. The Balaban J connectivity index is 1.55. The average Bonchev–Trinajstić information content (AvgIpc) is 3.18. The van der Waals surface area contributed by atoms with E-state index in [0.29, 0.717) is 37.1 Å². The van der Waals surface area contributed by atoms with Gasteiger partial charge in [-0.2, -0.15) is 8.42 Å². The zero-order valence-electron chi connectivity index (χ0n) is 20.5. The third kappa shape index (κ3) is 9.09. The summed E-state index contributed by atoms with van der Waals surface area (Å²) >= 11 is 0. The van der Waals surface area contributed by atoms with Gasteiger partial charge in [-0.15, -0.1) is 0 Å². The topological polar surface area (TPSA) is 120 Å². The first-order valence-corrected chi connectivity index (χ1v) is 16.9. The number of pyridine rings is 1. The Labute approximate surface area is 208 Å². The SMILES string of the molecule is C[Si](C)(C)CCOCN/C(=C\C=N)c1ccc(Oc2ccc3c(c2)O[C@H](COS(C)(=O)=O)C3)nc1. The van der Waals surface area contributed by atoms with E-state index in [1.54, 1.807) is 24.4 Å². The molecule has 2 N–H and O–H groups in total. The second kappa shape index (κ2) is 11.8. The van der Waals surface area contributed by atoms with Crippen molar-refractivity contribution in [2.45, 2.75) is 38.2 Å². The van der Waals surface area contributed by atoms with Crippen LogP contribution in [0.5, 0.6) is 17.4 Å². The Morgan fingerprint density at radius 1 is 1.29 bits per heavy atom. The lowest BCUT2D eigenvalue weighted by molar-refractivity contribution is 0.139. The van der Waals surface area contributed by atoms with E-state index in [0.717, 1.165) is 29.1 Å². The lowest BCUT2D eigenvalue weighted by Gasteiger charge is -2.16. The molecule has 2 heterocycles. The van der Waals surface area contributed by atoms with Gasteiger partial charge in [-0.3, -0.25) is 4.18 Å². The normalized spacial score (nSPS) is 15.9. The molecule has 1 aliphatic heterocycles. The third-order valence-electron chi connectivity index (χ3n) is 5.13. The van der Waals surface area contributed by atoms with Gasteiger partial charge in [-0.25, -0.2) is 4.98 Å². The van der Waals surface area contributed by atoms with E-state index < -0.39 is 18.2 Å². The van der Waals surface area contributed by atoms with Gasteiger partial charge in [0.2, 0.25) is 5.88 Å². The number of ether oxygens (including phenoxy) is 3. The highest BCUT2D eigenvalue weighted by Crippen LogP contribution is 2.34. The average molecular weight is 520 g/mol. The third-order valence-corrected chi connectivity index (χ3v) is 7.40. The largest absolute Gasteiger partial charge is 0.487 e. The highest BCUT2D eigenvalue weighted by atomic mass is 32.2. The van der Waals surface area contributed by atoms with Crippen molar-refractivity contribution in [3.8, 4) is 17.4 Å². The van der Waals surface area contributed by atoms with Crippen LogP contribution in [0.3, 0.4) is 0 Å². The molecule has 11 heteroatoms. The van der Waals surface area contributed by atoms with Crippen LogP contribution in [0.4, 0.5) is 0 Å². The van der Waals surface area contributed by atoms with Gasteiger partial charge in [0.15, 0.2) is 0 Å². The number of aromatic nitrogens is 1. The highest BCUT2D eigenvalue weighted by Gasteiger charge is 2.25. The minimum absolute atomic E-state index is 0.0320. The van der Waals surface area contributed by atoms with E-state index in [4.69, 9.17) is 23.8 Å². The molecular weight excluding hydrogens is 486 g/mol. The molecule has 0 amide bonds. The van der Waals surface area contributed by atoms with Gasteiger partial charge in [-0.05, 0) is 29.8 Å². The predicted octanol–water partition coefficient (Wildman–Crippen LogP) is 4.05. The van der Waals surface area contributed by atoms with Crippen LogP contribution in [0.15, 0.2) is 42.6 Å². The Kier molecular flexibility index (Phi) is 9.06. The molecule has 0 radical (unpaired) electrons. The van der Waals surface area contributed by atoms with E-state index in [1.807, 2.05) is 18.2 Å². The van der Waals surface area contributed by atoms with Crippen LogP contribution in [0, 0.1) is 5.41 Å². The summed E-state index contributed by atoms with van der Waals surface area (Å²) in [7, 11) is -4.65. The van der Waals surface area contributed by atoms with Gasteiger partial charge in [0.25, 0.3) is 10.1 Å². The first kappa shape index (κ1) is 26.9. The zero-order valence-corrected chi connectivity index (χ0v) is 22.4. The van der Waals surface area contributed by atoms with Crippen LogP contribution in [-0.4, -0.2) is 60.0 Å². The number of hydrogen-bond acceptors (Lipinski definition) is 9. The number of rotatable bonds is 13. The molecular formula is C24H33N3O6SSi. The first-order chi connectivity index (χ1) is 16.5. The van der Waals surface area contributed by atoms with Crippen molar-refractivity contribution in [3.63, 3.8) is 0 Å². The van der Waals surface area contributed by atoms with Crippen molar-refractivity contribution in [3.05, 3.63) is 53.7 Å². The molecule has 1 aliphatic rings. The molecule has 0 fully saturated rings. The number of nitrogens with zero attached hydrogens (tertiary/aromatic N) is 1. The van der Waals surface area contributed by atoms with Crippen LogP contribution in [-0.2, 0) is 25.5 Å². The molecule has 2 aromatic rings. The van der Waals surface area contributed by atoms with Gasteiger partial charge < -0.3 is 24.9 Å². The van der Waals surface area contributed by atoms with Crippen molar-refractivity contribution in [1.82, 2.24) is 10.3 Å². The van der Waals surface area contributed by atoms with Crippen molar-refractivity contribution < 1.29 is 26.8 Å². The molecule has 9 nitrogen and oxygen atoms in total. The molecule has 190 valence electrons. The maximum Gasteiger partial charge on any atom is 0.264 e. The lowest BCUT2D eigenvalue weighted by atomic mass is 10.1. The standard InChI is InChI=1S/C24H33N3O6SSi/c1-34(28,29)31-16-21-13-18-5-7-20(14-23(18)32-21)33-24-8-6-19(15-26-24)22(9-10-25)27-17-30-11-12-35(2,3)4/h5-10,14-15,21,25,27H,11-13,16-17H2,1-4H3/b22-9-,25-10?/t21-/m0/s1. The molecule has 1 aromatic heterocycles. The monoisotopic (exact) mass is 519 g/mol. The molecule has 0 saturated carbocycles. The lowest BCUT2D eigenvalue weighted by Crippen LogP contribution is -2.24. The summed E-state index contributed by atoms with van der Waals surface area (Å²) in [6, 6.07) is 10.2. The molecule has 0 bridgehead atoms. The molecule has 0 unspecified atom stereocenters. The number of fused-ring (bicyclic) bond motifs is 1. The number of nitrogens with one attached hydrogen (secondary N) is 2. The Hall–Kier alpha value is -2.73. The van der Waals surface area contributed by atoms with Crippen molar-refractivity contribution in [2.75, 3.05) is 26.2 Å². The fourth-order valence-electron chi connectivity index (χ4n) is 3.28. The van der Waals surface area contributed by atoms with E-state index in [2.05, 4.69) is 29.9 Å². The summed E-state index contributed by atoms with van der Waals surface area (Å²) in [5, 5.41) is 10.6. The van der Waals surface area contributed by atoms with E-state index in [9.17, 15) is 8.42 Å². The molecule has 0 spiro atoms. The molecule has 35 heavy (non-hydrogen) atoms. The summed E-state index contributed by atoms with van der Waals surface area (Å²) in [6.45, 7) is 7.96. The van der Waals surface area contributed by atoms with Crippen molar-refractivity contribution in [2.24, 2.45) is 0 Å². The van der Waals surface area contributed by atoms with E-state index in [-0.39, 0.29) is 12.7 Å². The Bertz CT molecular complexity index is 1150. The molecule has 1 atom stereocenters. The molecule has 0 saturated heterocycles. The van der Waals surface area contributed by atoms with Gasteiger partial charge in [0.05, 0.1) is 6.26 Å². The first-order valence-electron chi connectivity index (χ1n) is 11.3. The Morgan fingerprint density at radius 3 is 2.74 bits per heavy atom. The quantitative estimate of drug-likeness (QED) is 0.134. The van der Waals surface area contributed by atoms with Crippen LogP contribution in [0.25, 0.3) is 5.70 Å². The van der Waals surface area contributed by atoms with Crippen LogP contribution >= 0.6 is 0 Å². The number of hydrogen-bond donors (Lipinski definition) is 2. The molecule has 1 aromatic carbocycles. The maximum atomic E-state index is 11.2. The fraction of sp³-hybridized carbons (Fsp3) is 0.417. The van der Waals surface area contributed by atoms with E-state index >= 15 is 0 Å². The summed E-state index contributed by atoms with van der Waals surface area (Å²) in [5.74, 6) is 1.60. The van der Waals surface area contributed by atoms with Crippen molar-refractivity contribution >= 4 is 30.1 Å². The maximum absolute atomic E-state index is 11.2. The molecule has 3 rings (SSSR count). The second-order valence-corrected chi connectivity index (χ2v) is 16.7. The highest BCUT2D eigenvalue weighted by molar-refractivity contribution is 7.85. The van der Waals surface area contributed by atoms with Gasteiger partial charge in [0, 0.05) is 56.9 Å². The van der Waals surface area contributed by atoms with E-state index in [1.165, 1.54) is 6.21 Å². The minimum atomic E-state index is -3.51. The summed E-state index contributed by atoms with van der Waals surface area (Å²) < 4.78 is 44.6. The number of benzene rings is 1. The van der Waals surface area contributed by atoms with Gasteiger partial charge in [0.1, 0.15) is 30.9 Å². The Morgan fingerprint density at radius 2 is 2.09 bits per heavy atom. The summed E-state index contributed by atoms with van der Waals surface area (Å²) in [6.07, 6.45) is 5.76. The second-order valence-electron chi connectivity index (χ2n) is 9.48. The smallest absolute Gasteiger partial charge is 0.264 e. The zero-order chi connectivity index (χ0) is 25.5. The van der Waals surface area contributed by atoms with Crippen molar-refractivity contribution in [1.29, 1.82) is 5.41 Å². The number of allylic oxidation sites excluding steroid dienone is 1. The predicted molar refractivity (Wildman–Crippen MR) is 139 cm³/mol. The van der Waals surface area contributed by atoms with Crippen LogP contribution in [0.2, 0.25) is 25.7 Å². The fourth-order valence-corrected chi connectivity index (χ4v) is 4.43. The van der Waals surface area contributed by atoms with Crippen LogP contribution < -0.4 is 14.8 Å².